The number of anilines is 1. The summed E-state index contributed by atoms with van der Waals surface area (Å²) in [4.78, 5) is 20.1. The third-order valence-corrected chi connectivity index (χ3v) is 7.24. The predicted molar refractivity (Wildman–Crippen MR) is 134 cm³/mol. The van der Waals surface area contributed by atoms with Crippen LogP contribution in [0.2, 0.25) is 0 Å². The lowest BCUT2D eigenvalue weighted by molar-refractivity contribution is 0.102. The predicted octanol–water partition coefficient (Wildman–Crippen LogP) is 5.52. The van der Waals surface area contributed by atoms with E-state index < -0.39 is 12.3 Å². The number of nitrogens with one attached hydrogen (secondary N) is 2. The smallest absolute Gasteiger partial charge is 0.272 e. The molecule has 6 nitrogen and oxygen atoms in total. The number of likely N-dealkylation sites (N-methyl/N-ethyl adjacent to an activating group) is 1. The second-order valence-electron chi connectivity index (χ2n) is 10.3. The first-order chi connectivity index (χ1) is 16.1. The number of nitrogens with zero attached hydrogens (tertiary/aromatic N) is 3. The SMILES string of the molecule is CN1CCC[C@@H]1Cn1c(NC(=O)c2ccc(C(F)F)s2)nc2cc(CNCC(C)(C)C)ccc21. The molecule has 0 spiro atoms. The lowest BCUT2D eigenvalue weighted by atomic mass is 9.97. The van der Waals surface area contributed by atoms with E-state index in [1.54, 1.807) is 0 Å². The number of aromatic nitrogens is 2. The lowest BCUT2D eigenvalue weighted by Gasteiger charge is -2.21. The summed E-state index contributed by atoms with van der Waals surface area (Å²) in [5.74, 6) is 0.0346. The molecule has 9 heteroatoms. The zero-order valence-corrected chi connectivity index (χ0v) is 21.0. The van der Waals surface area contributed by atoms with Crippen LogP contribution in [0.25, 0.3) is 11.0 Å². The number of fused-ring (bicyclic) bond motifs is 1. The molecule has 1 amide bonds. The fraction of sp³-hybridized carbons (Fsp3) is 0.520. The van der Waals surface area contributed by atoms with Crippen LogP contribution < -0.4 is 10.6 Å². The first-order valence-corrected chi connectivity index (χ1v) is 12.5. The molecule has 2 aromatic heterocycles. The van der Waals surface area contributed by atoms with Gasteiger partial charge in [0.25, 0.3) is 12.3 Å². The van der Waals surface area contributed by atoms with Crippen LogP contribution in [0.4, 0.5) is 14.7 Å². The maximum absolute atomic E-state index is 13.0. The van der Waals surface area contributed by atoms with E-state index in [-0.39, 0.29) is 15.2 Å². The molecule has 4 rings (SSSR count). The van der Waals surface area contributed by atoms with E-state index >= 15 is 0 Å². The Labute approximate surface area is 203 Å². The molecule has 1 atom stereocenters. The van der Waals surface area contributed by atoms with Gasteiger partial charge in [-0.25, -0.2) is 13.8 Å². The van der Waals surface area contributed by atoms with Crippen molar-refractivity contribution in [3.05, 3.63) is 45.6 Å². The van der Waals surface area contributed by atoms with Crippen molar-refractivity contribution < 1.29 is 13.6 Å². The van der Waals surface area contributed by atoms with Gasteiger partial charge >= 0.3 is 0 Å². The van der Waals surface area contributed by atoms with Crippen molar-refractivity contribution in [3.63, 3.8) is 0 Å². The van der Waals surface area contributed by atoms with Crippen molar-refractivity contribution in [3.8, 4) is 0 Å². The molecule has 1 saturated heterocycles. The molecule has 0 bridgehead atoms. The Morgan fingerprint density at radius 3 is 2.71 bits per heavy atom. The number of benzene rings is 1. The van der Waals surface area contributed by atoms with Crippen molar-refractivity contribution >= 4 is 34.2 Å². The van der Waals surface area contributed by atoms with Crippen molar-refractivity contribution in [2.75, 3.05) is 25.5 Å². The number of likely N-dealkylation sites (tertiary alicyclic amines) is 1. The Bertz CT molecular complexity index is 1150. The van der Waals surface area contributed by atoms with Crippen molar-refractivity contribution in [2.45, 2.75) is 59.2 Å². The maximum atomic E-state index is 13.0. The summed E-state index contributed by atoms with van der Waals surface area (Å²) in [6.07, 6.45) is -0.356. The van der Waals surface area contributed by atoms with Gasteiger partial charge in [-0.3, -0.25) is 10.1 Å². The lowest BCUT2D eigenvalue weighted by Crippen LogP contribution is -2.30. The van der Waals surface area contributed by atoms with Crippen molar-refractivity contribution in [1.29, 1.82) is 0 Å². The first-order valence-electron chi connectivity index (χ1n) is 11.7. The number of thiophene rings is 1. The summed E-state index contributed by atoms with van der Waals surface area (Å²) in [7, 11) is 2.12. The highest BCUT2D eigenvalue weighted by Crippen LogP contribution is 2.29. The van der Waals surface area contributed by atoms with Crippen LogP contribution in [0.1, 0.15) is 60.2 Å². The number of hydrogen-bond donors (Lipinski definition) is 2. The minimum atomic E-state index is -2.58. The number of imidazole rings is 1. The number of hydrogen-bond acceptors (Lipinski definition) is 5. The third kappa shape index (κ3) is 5.82. The largest absolute Gasteiger partial charge is 0.312 e. The maximum Gasteiger partial charge on any atom is 0.272 e. The Hall–Kier alpha value is -2.36. The molecule has 0 saturated carbocycles. The van der Waals surface area contributed by atoms with Crippen LogP contribution in [0, 0.1) is 5.41 Å². The number of halogens is 2. The zero-order chi connectivity index (χ0) is 24.5. The molecule has 0 unspecified atom stereocenters. The number of rotatable bonds is 8. The van der Waals surface area contributed by atoms with E-state index in [0.717, 1.165) is 60.4 Å². The summed E-state index contributed by atoms with van der Waals surface area (Å²) in [6.45, 7) is 9.97. The molecular weight excluding hydrogens is 456 g/mol. The highest BCUT2D eigenvalue weighted by Gasteiger charge is 2.25. The third-order valence-electron chi connectivity index (χ3n) is 6.15. The fourth-order valence-corrected chi connectivity index (χ4v) is 5.08. The molecule has 1 fully saturated rings. The van der Waals surface area contributed by atoms with Gasteiger partial charge < -0.3 is 14.8 Å². The van der Waals surface area contributed by atoms with Crippen LogP contribution >= 0.6 is 11.3 Å². The van der Waals surface area contributed by atoms with Gasteiger partial charge in [-0.15, -0.1) is 11.3 Å². The first kappa shape index (κ1) is 24.8. The van der Waals surface area contributed by atoms with Gasteiger partial charge in [0.05, 0.1) is 20.8 Å². The molecule has 3 heterocycles. The summed E-state index contributed by atoms with van der Waals surface area (Å²) >= 11 is 0.812. The highest BCUT2D eigenvalue weighted by atomic mass is 32.1. The number of carbonyl (C=O) groups excluding carboxylic acids is 1. The summed E-state index contributed by atoms with van der Waals surface area (Å²) in [5, 5.41) is 6.37. The van der Waals surface area contributed by atoms with Crippen LogP contribution in [0.5, 0.6) is 0 Å². The van der Waals surface area contributed by atoms with E-state index in [9.17, 15) is 13.6 Å². The average molecular weight is 490 g/mol. The molecule has 34 heavy (non-hydrogen) atoms. The fourth-order valence-electron chi connectivity index (χ4n) is 4.32. The summed E-state index contributed by atoms with van der Waals surface area (Å²) < 4.78 is 28.0. The topological polar surface area (TPSA) is 62.2 Å². The van der Waals surface area contributed by atoms with E-state index in [0.29, 0.717) is 18.5 Å². The quantitative estimate of drug-likeness (QED) is 0.438. The molecule has 1 aromatic carbocycles. The summed E-state index contributed by atoms with van der Waals surface area (Å²) in [5.41, 5.74) is 3.08. The molecule has 0 aliphatic carbocycles. The normalized spacial score (nSPS) is 17.2. The second kappa shape index (κ2) is 10.1. The number of alkyl halides is 2. The Kier molecular flexibility index (Phi) is 7.35. The Morgan fingerprint density at radius 2 is 2.06 bits per heavy atom. The van der Waals surface area contributed by atoms with Crippen LogP contribution in [0.3, 0.4) is 0 Å². The van der Waals surface area contributed by atoms with Crippen molar-refractivity contribution in [1.82, 2.24) is 19.8 Å². The molecular formula is C25H33F2N5OS. The van der Waals surface area contributed by atoms with E-state index in [1.807, 2.05) is 4.57 Å². The van der Waals surface area contributed by atoms with E-state index in [2.05, 4.69) is 61.6 Å². The minimum Gasteiger partial charge on any atom is -0.312 e. The van der Waals surface area contributed by atoms with Crippen LogP contribution in [0.15, 0.2) is 30.3 Å². The Morgan fingerprint density at radius 1 is 1.26 bits per heavy atom. The van der Waals surface area contributed by atoms with E-state index in [1.165, 1.54) is 12.1 Å². The monoisotopic (exact) mass is 489 g/mol. The van der Waals surface area contributed by atoms with Gasteiger partial charge in [0, 0.05) is 25.7 Å². The van der Waals surface area contributed by atoms with E-state index in [4.69, 9.17) is 4.98 Å². The minimum absolute atomic E-state index is 0.112. The molecule has 0 radical (unpaired) electrons. The van der Waals surface area contributed by atoms with Crippen LogP contribution in [-0.4, -0.2) is 46.5 Å². The average Bonchev–Trinajstić information content (AvgIpc) is 3.47. The molecule has 3 aromatic rings. The Balaban J connectivity index is 1.60. The van der Waals surface area contributed by atoms with Gasteiger partial charge in [-0.05, 0) is 61.7 Å². The molecule has 184 valence electrons. The second-order valence-corrected chi connectivity index (χ2v) is 11.4. The molecule has 2 N–H and O–H groups in total. The number of amides is 1. The number of carbonyl (C=O) groups is 1. The van der Waals surface area contributed by atoms with Gasteiger partial charge in [0.1, 0.15) is 0 Å². The summed E-state index contributed by atoms with van der Waals surface area (Å²) in [6, 6.07) is 9.30. The van der Waals surface area contributed by atoms with Gasteiger partial charge in [-0.2, -0.15) is 0 Å². The standard InChI is InChI=1S/C25H33F2N5OS/c1-25(2,3)15-28-13-16-7-8-19-18(12-16)29-24(32(19)14-17-6-5-11-31(17)4)30-23(33)21-10-9-20(34-21)22(26)27/h7-10,12,17,22,28H,5-6,11,13-15H2,1-4H3,(H,29,30,33)/t17-/m1/s1. The van der Waals surface area contributed by atoms with Gasteiger partial charge in [0.2, 0.25) is 5.95 Å². The highest BCUT2D eigenvalue weighted by molar-refractivity contribution is 7.14. The molecule has 1 aliphatic heterocycles. The van der Waals surface area contributed by atoms with Crippen LogP contribution in [-0.2, 0) is 13.1 Å². The molecule has 1 aliphatic rings. The van der Waals surface area contributed by atoms with Crippen molar-refractivity contribution in [2.24, 2.45) is 5.41 Å². The zero-order valence-electron chi connectivity index (χ0n) is 20.2. The van der Waals surface area contributed by atoms with Gasteiger partial charge in [-0.1, -0.05) is 26.8 Å². The van der Waals surface area contributed by atoms with Gasteiger partial charge in [0.15, 0.2) is 0 Å².